The van der Waals surface area contributed by atoms with Gasteiger partial charge >= 0.3 is 5.97 Å². The minimum atomic E-state index is -3.66. The molecule has 19 heavy (non-hydrogen) atoms. The number of carboxylic acids is 1. The maximum atomic E-state index is 13.6. The third kappa shape index (κ3) is 2.63. The maximum Gasteiger partial charge on any atom is 0.357 e. The first-order chi connectivity index (χ1) is 8.79. The van der Waals surface area contributed by atoms with Gasteiger partial charge in [-0.05, 0) is 18.2 Å². The van der Waals surface area contributed by atoms with E-state index in [2.05, 4.69) is 4.98 Å². The number of rotatable bonds is 3. The molecular weight excluding hydrogens is 277 g/mol. The van der Waals surface area contributed by atoms with Crippen LogP contribution in [0.5, 0.6) is 0 Å². The van der Waals surface area contributed by atoms with Gasteiger partial charge in [0.2, 0.25) is 5.89 Å². The summed E-state index contributed by atoms with van der Waals surface area (Å²) in [5.74, 6) is -2.32. The van der Waals surface area contributed by atoms with Crippen LogP contribution in [-0.4, -0.2) is 30.7 Å². The summed E-state index contributed by atoms with van der Waals surface area (Å²) in [6.45, 7) is 0. The zero-order valence-electron chi connectivity index (χ0n) is 9.62. The Morgan fingerprint density at radius 1 is 1.42 bits per heavy atom. The predicted octanol–water partition coefficient (Wildman–Crippen LogP) is 1.58. The minimum absolute atomic E-state index is 0.101. The highest BCUT2D eigenvalue weighted by atomic mass is 32.2. The molecule has 1 aromatic carbocycles. The second kappa shape index (κ2) is 4.47. The molecule has 0 saturated heterocycles. The third-order valence-electron chi connectivity index (χ3n) is 2.30. The Kier molecular flexibility index (Phi) is 3.11. The molecule has 2 rings (SSSR count). The van der Waals surface area contributed by atoms with Crippen molar-refractivity contribution in [2.24, 2.45) is 0 Å². The minimum Gasteiger partial charge on any atom is -0.476 e. The van der Waals surface area contributed by atoms with Gasteiger partial charge in [-0.25, -0.2) is 22.6 Å². The first-order valence-corrected chi connectivity index (χ1v) is 6.87. The van der Waals surface area contributed by atoms with E-state index in [0.717, 1.165) is 24.7 Å². The van der Waals surface area contributed by atoms with Gasteiger partial charge in [-0.1, -0.05) is 0 Å². The number of halogens is 1. The number of oxazole rings is 1. The van der Waals surface area contributed by atoms with Crippen molar-refractivity contribution >= 4 is 15.8 Å². The van der Waals surface area contributed by atoms with Gasteiger partial charge in [0.15, 0.2) is 15.5 Å². The van der Waals surface area contributed by atoms with Crippen LogP contribution >= 0.6 is 0 Å². The van der Waals surface area contributed by atoms with Crippen LogP contribution in [0.25, 0.3) is 11.5 Å². The molecule has 6 nitrogen and oxygen atoms in total. The molecule has 0 saturated carbocycles. The van der Waals surface area contributed by atoms with E-state index < -0.39 is 26.5 Å². The Morgan fingerprint density at radius 3 is 2.58 bits per heavy atom. The molecule has 0 bridgehead atoms. The average molecular weight is 285 g/mol. The van der Waals surface area contributed by atoms with Crippen molar-refractivity contribution in [2.75, 3.05) is 6.26 Å². The number of aromatic nitrogens is 1. The molecule has 0 atom stereocenters. The van der Waals surface area contributed by atoms with Crippen molar-refractivity contribution in [3.63, 3.8) is 0 Å². The van der Waals surface area contributed by atoms with E-state index in [9.17, 15) is 17.6 Å². The van der Waals surface area contributed by atoms with Crippen LogP contribution in [0.4, 0.5) is 4.39 Å². The molecule has 0 aliphatic carbocycles. The summed E-state index contributed by atoms with van der Waals surface area (Å²) >= 11 is 0. The van der Waals surface area contributed by atoms with Gasteiger partial charge in [-0.2, -0.15) is 0 Å². The lowest BCUT2D eigenvalue weighted by Crippen LogP contribution is -2.00. The van der Waals surface area contributed by atoms with Crippen LogP contribution in [0.1, 0.15) is 10.5 Å². The molecule has 8 heteroatoms. The highest BCUT2D eigenvalue weighted by molar-refractivity contribution is 7.90. The fourth-order valence-corrected chi connectivity index (χ4v) is 2.17. The third-order valence-corrected chi connectivity index (χ3v) is 3.43. The van der Waals surface area contributed by atoms with Gasteiger partial charge in [-0.15, -0.1) is 0 Å². The Labute approximate surface area is 107 Å². The smallest absolute Gasteiger partial charge is 0.357 e. The molecule has 0 unspecified atom stereocenters. The highest BCUT2D eigenvalue weighted by Crippen LogP contribution is 2.23. The Morgan fingerprint density at radius 2 is 2.11 bits per heavy atom. The summed E-state index contributed by atoms with van der Waals surface area (Å²) < 4.78 is 41.0. The molecule has 100 valence electrons. The zero-order chi connectivity index (χ0) is 14.2. The number of hydrogen-bond donors (Lipinski definition) is 1. The van der Waals surface area contributed by atoms with E-state index in [0.29, 0.717) is 0 Å². The fourth-order valence-electron chi connectivity index (χ4n) is 1.44. The molecule has 0 spiro atoms. The second-order valence-corrected chi connectivity index (χ2v) is 5.74. The molecule has 0 amide bonds. The number of carbonyl (C=O) groups is 1. The maximum absolute atomic E-state index is 13.6. The number of carboxylic acid groups (broad SMARTS) is 1. The fraction of sp³-hybridized carbons (Fsp3) is 0.0909. The standard InChI is InChI=1S/C11H8FNO5S/c1-19(16,17)9-3-2-6(4-7(9)12)10-13-8(5-18-10)11(14)15/h2-5H,1H3,(H,14,15). The van der Waals surface area contributed by atoms with Crippen molar-refractivity contribution in [2.45, 2.75) is 4.90 Å². The van der Waals surface area contributed by atoms with E-state index in [4.69, 9.17) is 9.52 Å². The van der Waals surface area contributed by atoms with Gasteiger partial charge < -0.3 is 9.52 Å². The van der Waals surface area contributed by atoms with Crippen LogP contribution in [0.15, 0.2) is 33.8 Å². The molecule has 1 heterocycles. The van der Waals surface area contributed by atoms with Gasteiger partial charge in [-0.3, -0.25) is 0 Å². The summed E-state index contributed by atoms with van der Waals surface area (Å²) in [5.41, 5.74) is -0.167. The lowest BCUT2D eigenvalue weighted by molar-refractivity contribution is 0.0690. The van der Waals surface area contributed by atoms with Crippen molar-refractivity contribution in [1.29, 1.82) is 0 Å². The van der Waals surface area contributed by atoms with E-state index in [1.807, 2.05) is 0 Å². The van der Waals surface area contributed by atoms with Gasteiger partial charge in [0.25, 0.3) is 0 Å². The van der Waals surface area contributed by atoms with Gasteiger partial charge in [0, 0.05) is 11.8 Å². The predicted molar refractivity (Wildman–Crippen MR) is 62.0 cm³/mol. The summed E-state index contributed by atoms with van der Waals surface area (Å²) in [5, 5.41) is 8.67. The lowest BCUT2D eigenvalue weighted by Gasteiger charge is -2.01. The molecule has 1 aromatic heterocycles. The summed E-state index contributed by atoms with van der Waals surface area (Å²) in [7, 11) is -3.66. The van der Waals surface area contributed by atoms with Crippen molar-refractivity contribution in [3.05, 3.63) is 36.0 Å². The van der Waals surface area contributed by atoms with Crippen molar-refractivity contribution in [1.82, 2.24) is 4.98 Å². The first kappa shape index (κ1) is 13.2. The largest absolute Gasteiger partial charge is 0.476 e. The van der Waals surface area contributed by atoms with Crippen LogP contribution in [0, 0.1) is 5.82 Å². The number of nitrogens with zero attached hydrogens (tertiary/aromatic N) is 1. The molecule has 0 fully saturated rings. The molecule has 0 aliphatic rings. The van der Waals surface area contributed by atoms with Gasteiger partial charge in [0.05, 0.1) is 0 Å². The number of benzene rings is 1. The Hall–Kier alpha value is -2.22. The van der Waals surface area contributed by atoms with Crippen LogP contribution < -0.4 is 0 Å². The SMILES string of the molecule is CS(=O)(=O)c1ccc(-c2nc(C(=O)O)co2)cc1F. The number of aromatic carboxylic acids is 1. The summed E-state index contributed by atoms with van der Waals surface area (Å²) in [6, 6.07) is 3.29. The van der Waals surface area contributed by atoms with E-state index in [1.54, 1.807) is 0 Å². The van der Waals surface area contributed by atoms with Crippen molar-refractivity contribution in [3.8, 4) is 11.5 Å². The summed E-state index contributed by atoms with van der Waals surface area (Å²) in [6.07, 6.45) is 1.80. The average Bonchev–Trinajstić information content (AvgIpc) is 2.76. The molecule has 2 aromatic rings. The number of hydrogen-bond acceptors (Lipinski definition) is 5. The Balaban J connectivity index is 2.47. The van der Waals surface area contributed by atoms with E-state index >= 15 is 0 Å². The topological polar surface area (TPSA) is 97.5 Å². The Bertz CT molecular complexity index is 750. The molecule has 0 radical (unpaired) electrons. The van der Waals surface area contributed by atoms with E-state index in [1.165, 1.54) is 6.07 Å². The highest BCUT2D eigenvalue weighted by Gasteiger charge is 2.17. The van der Waals surface area contributed by atoms with Crippen LogP contribution in [0.2, 0.25) is 0 Å². The van der Waals surface area contributed by atoms with E-state index in [-0.39, 0.29) is 17.1 Å². The lowest BCUT2D eigenvalue weighted by atomic mass is 10.2. The molecule has 1 N–H and O–H groups in total. The zero-order valence-corrected chi connectivity index (χ0v) is 10.4. The van der Waals surface area contributed by atoms with Crippen LogP contribution in [0.3, 0.4) is 0 Å². The van der Waals surface area contributed by atoms with Crippen molar-refractivity contribution < 1.29 is 27.1 Å². The second-order valence-electron chi connectivity index (χ2n) is 3.76. The number of sulfone groups is 1. The summed E-state index contributed by atoms with van der Waals surface area (Å²) in [4.78, 5) is 13.8. The first-order valence-electron chi connectivity index (χ1n) is 4.98. The van der Waals surface area contributed by atoms with Gasteiger partial charge in [0.1, 0.15) is 17.0 Å². The normalized spacial score (nSPS) is 11.5. The molecule has 0 aliphatic heterocycles. The monoisotopic (exact) mass is 285 g/mol. The molecular formula is C11H8FNO5S. The quantitative estimate of drug-likeness (QED) is 0.919. The van der Waals surface area contributed by atoms with Crippen LogP contribution in [-0.2, 0) is 9.84 Å².